The predicted octanol–water partition coefficient (Wildman–Crippen LogP) is 2.70. The fourth-order valence-corrected chi connectivity index (χ4v) is 2.52. The fourth-order valence-electron chi connectivity index (χ4n) is 2.52. The van der Waals surface area contributed by atoms with Gasteiger partial charge in [-0.2, -0.15) is 10.1 Å². The van der Waals surface area contributed by atoms with E-state index in [4.69, 9.17) is 0 Å². The van der Waals surface area contributed by atoms with Crippen LogP contribution in [0.1, 0.15) is 39.4 Å². The van der Waals surface area contributed by atoms with Crippen LogP contribution in [0.4, 0.5) is 5.69 Å². The van der Waals surface area contributed by atoms with Gasteiger partial charge in [-0.1, -0.05) is 12.1 Å². The van der Waals surface area contributed by atoms with Crippen LogP contribution < -0.4 is 4.90 Å². The van der Waals surface area contributed by atoms with Crippen molar-refractivity contribution in [1.82, 2.24) is 10.1 Å². The summed E-state index contributed by atoms with van der Waals surface area (Å²) in [5.41, 5.74) is 0.757. The van der Waals surface area contributed by atoms with E-state index in [2.05, 4.69) is 0 Å². The summed E-state index contributed by atoms with van der Waals surface area (Å²) >= 11 is 0. The number of benzene rings is 1. The molecule has 1 aromatic carbocycles. The van der Waals surface area contributed by atoms with Crippen LogP contribution in [0.3, 0.4) is 0 Å². The molecule has 1 aliphatic heterocycles. The van der Waals surface area contributed by atoms with E-state index in [1.807, 2.05) is 71.0 Å². The first-order chi connectivity index (χ1) is 9.10. The predicted molar refractivity (Wildman–Crippen MR) is 78.9 cm³/mol. The second kappa shape index (κ2) is 4.70. The first kappa shape index (κ1) is 15.3. The maximum absolute atomic E-state index is 10.5. The van der Waals surface area contributed by atoms with Gasteiger partial charge in [0.2, 0.25) is 0 Å². The number of hydrogen-bond acceptors (Lipinski definition) is 5. The van der Waals surface area contributed by atoms with E-state index in [1.165, 1.54) is 10.1 Å². The molecule has 2 N–H and O–H groups in total. The van der Waals surface area contributed by atoms with Crippen molar-refractivity contribution in [3.63, 3.8) is 0 Å². The molecule has 1 aromatic rings. The highest BCUT2D eigenvalue weighted by Gasteiger charge is 2.58. The zero-order valence-corrected chi connectivity index (χ0v) is 13.1. The van der Waals surface area contributed by atoms with E-state index in [1.54, 1.807) is 0 Å². The Morgan fingerprint density at radius 1 is 1.00 bits per heavy atom. The molecule has 1 heterocycles. The molecule has 1 aliphatic rings. The number of hydroxylamine groups is 4. The van der Waals surface area contributed by atoms with E-state index in [0.29, 0.717) is 0 Å². The van der Waals surface area contributed by atoms with Gasteiger partial charge in [0.15, 0.2) is 0 Å². The zero-order valence-electron chi connectivity index (χ0n) is 13.1. The average molecular weight is 279 g/mol. The van der Waals surface area contributed by atoms with E-state index >= 15 is 0 Å². The number of nitrogens with zero attached hydrogens (tertiary/aromatic N) is 3. The minimum absolute atomic E-state index is 0.569. The van der Waals surface area contributed by atoms with Crippen LogP contribution in [0, 0.1) is 0 Å². The van der Waals surface area contributed by atoms with E-state index in [9.17, 15) is 10.4 Å². The summed E-state index contributed by atoms with van der Waals surface area (Å²) < 4.78 is 0. The molecule has 5 heteroatoms. The summed E-state index contributed by atoms with van der Waals surface area (Å²) in [6, 6.07) is 7.83. The van der Waals surface area contributed by atoms with Crippen LogP contribution in [-0.4, -0.2) is 45.7 Å². The van der Waals surface area contributed by atoms with E-state index in [0.717, 1.165) is 11.3 Å². The lowest BCUT2D eigenvalue weighted by atomic mass is 9.84. The van der Waals surface area contributed by atoms with Gasteiger partial charge in [0.05, 0.1) is 11.1 Å². The van der Waals surface area contributed by atoms with Crippen LogP contribution in [0.15, 0.2) is 24.3 Å². The molecule has 0 aromatic heterocycles. The van der Waals surface area contributed by atoms with Crippen molar-refractivity contribution in [2.24, 2.45) is 0 Å². The van der Waals surface area contributed by atoms with E-state index < -0.39 is 17.2 Å². The Kier molecular flexibility index (Phi) is 3.59. The molecule has 1 fully saturated rings. The molecule has 2 rings (SSSR count). The molecular formula is C15H25N3O2. The molecule has 0 spiro atoms. The van der Waals surface area contributed by atoms with Gasteiger partial charge in [-0.15, -0.1) is 0 Å². The molecular weight excluding hydrogens is 254 g/mol. The largest absolute Gasteiger partial charge is 0.378 e. The standard InChI is InChI=1S/C15H25N3O2/c1-14(2)15(3,4)18(20)13(17(14)19)11-8-7-9-12(10-11)16(5)6/h7-10,13,19-20H,1-6H3. The molecule has 0 bridgehead atoms. The lowest BCUT2D eigenvalue weighted by Crippen LogP contribution is -2.52. The van der Waals surface area contributed by atoms with Gasteiger partial charge < -0.3 is 15.3 Å². The van der Waals surface area contributed by atoms with Crippen molar-refractivity contribution in [1.29, 1.82) is 0 Å². The van der Waals surface area contributed by atoms with Crippen LogP contribution >= 0.6 is 0 Å². The Morgan fingerprint density at radius 3 is 1.95 bits per heavy atom. The third kappa shape index (κ3) is 2.02. The first-order valence-electron chi connectivity index (χ1n) is 6.84. The molecule has 0 unspecified atom stereocenters. The molecule has 5 nitrogen and oxygen atoms in total. The van der Waals surface area contributed by atoms with Crippen molar-refractivity contribution < 1.29 is 10.4 Å². The molecule has 112 valence electrons. The quantitative estimate of drug-likeness (QED) is 0.871. The Hall–Kier alpha value is -1.14. The van der Waals surface area contributed by atoms with Crippen molar-refractivity contribution >= 4 is 5.69 Å². The summed E-state index contributed by atoms with van der Waals surface area (Å²) in [4.78, 5) is 2.00. The van der Waals surface area contributed by atoms with Gasteiger partial charge in [0.25, 0.3) is 0 Å². The Balaban J connectivity index is 2.46. The molecule has 0 saturated carbocycles. The summed E-state index contributed by atoms with van der Waals surface area (Å²) in [6.45, 7) is 7.69. The molecule has 1 saturated heterocycles. The van der Waals surface area contributed by atoms with Crippen molar-refractivity contribution in [2.45, 2.75) is 44.9 Å². The lowest BCUT2D eigenvalue weighted by molar-refractivity contribution is -0.223. The SMILES string of the molecule is CN(C)c1cccc(C2N(O)C(C)(C)C(C)(C)N2O)c1. The zero-order chi connectivity index (χ0) is 15.3. The lowest BCUT2D eigenvalue weighted by Gasteiger charge is -2.37. The maximum atomic E-state index is 10.5. The fraction of sp³-hybridized carbons (Fsp3) is 0.600. The normalized spacial score (nSPS) is 23.2. The van der Waals surface area contributed by atoms with Gasteiger partial charge >= 0.3 is 0 Å². The Bertz CT molecular complexity index is 480. The summed E-state index contributed by atoms with van der Waals surface area (Å²) in [7, 11) is 3.93. The second-order valence-corrected chi connectivity index (χ2v) is 6.67. The van der Waals surface area contributed by atoms with Crippen molar-refractivity contribution in [3.05, 3.63) is 29.8 Å². The topological polar surface area (TPSA) is 50.2 Å². The number of anilines is 1. The van der Waals surface area contributed by atoms with Gasteiger partial charge in [-0.05, 0) is 45.4 Å². The van der Waals surface area contributed by atoms with Crippen molar-refractivity contribution in [2.75, 3.05) is 19.0 Å². The molecule has 0 amide bonds. The summed E-state index contributed by atoms with van der Waals surface area (Å²) in [5, 5.41) is 23.5. The van der Waals surface area contributed by atoms with Crippen LogP contribution in [0.25, 0.3) is 0 Å². The molecule has 0 radical (unpaired) electrons. The molecule has 0 atom stereocenters. The van der Waals surface area contributed by atoms with Gasteiger partial charge in [-0.3, -0.25) is 0 Å². The number of hydrogen-bond donors (Lipinski definition) is 2. The van der Waals surface area contributed by atoms with E-state index in [-0.39, 0.29) is 0 Å². The smallest absolute Gasteiger partial charge is 0.136 e. The second-order valence-electron chi connectivity index (χ2n) is 6.67. The monoisotopic (exact) mass is 279 g/mol. The highest BCUT2D eigenvalue weighted by atomic mass is 16.6. The molecule has 0 aliphatic carbocycles. The summed E-state index contributed by atoms with van der Waals surface area (Å²) in [6.07, 6.45) is -0.570. The minimum Gasteiger partial charge on any atom is -0.378 e. The highest BCUT2D eigenvalue weighted by Crippen LogP contribution is 2.47. The van der Waals surface area contributed by atoms with Crippen LogP contribution in [-0.2, 0) is 0 Å². The first-order valence-corrected chi connectivity index (χ1v) is 6.84. The highest BCUT2D eigenvalue weighted by molar-refractivity contribution is 5.48. The van der Waals surface area contributed by atoms with Crippen molar-refractivity contribution in [3.8, 4) is 0 Å². The van der Waals surface area contributed by atoms with Gasteiger partial charge in [0.1, 0.15) is 6.17 Å². The average Bonchev–Trinajstić information content (AvgIpc) is 2.49. The maximum Gasteiger partial charge on any atom is 0.136 e. The minimum atomic E-state index is -0.570. The third-order valence-corrected chi connectivity index (χ3v) is 4.79. The Morgan fingerprint density at radius 2 is 1.50 bits per heavy atom. The Labute approximate surface area is 120 Å². The van der Waals surface area contributed by atoms with Crippen LogP contribution in [0.2, 0.25) is 0 Å². The van der Waals surface area contributed by atoms with Gasteiger partial charge in [0, 0.05) is 19.8 Å². The van der Waals surface area contributed by atoms with Crippen LogP contribution in [0.5, 0.6) is 0 Å². The van der Waals surface area contributed by atoms with Gasteiger partial charge in [-0.25, -0.2) is 0 Å². The summed E-state index contributed by atoms with van der Waals surface area (Å²) in [5.74, 6) is 0. The number of rotatable bonds is 2. The molecule has 20 heavy (non-hydrogen) atoms. The third-order valence-electron chi connectivity index (χ3n) is 4.79.